The van der Waals surface area contributed by atoms with Crippen molar-refractivity contribution in [3.63, 3.8) is 0 Å². The molecule has 0 saturated carbocycles. The van der Waals surface area contributed by atoms with E-state index in [4.69, 9.17) is 9.72 Å². The van der Waals surface area contributed by atoms with E-state index in [2.05, 4.69) is 15.0 Å². The molecule has 0 aromatic carbocycles. The Morgan fingerprint density at radius 2 is 2.07 bits per heavy atom. The third-order valence-electron chi connectivity index (χ3n) is 4.82. The highest BCUT2D eigenvalue weighted by molar-refractivity contribution is 5.84. The van der Waals surface area contributed by atoms with Crippen LogP contribution in [0.3, 0.4) is 0 Å². The summed E-state index contributed by atoms with van der Waals surface area (Å²) in [6.45, 7) is 4.11. The minimum atomic E-state index is 0.205. The van der Waals surface area contributed by atoms with Crippen LogP contribution in [0.15, 0.2) is 36.8 Å². The van der Waals surface area contributed by atoms with E-state index in [1.54, 1.807) is 17.1 Å². The van der Waals surface area contributed by atoms with E-state index in [1.165, 1.54) is 0 Å². The summed E-state index contributed by atoms with van der Waals surface area (Å²) >= 11 is 0. The van der Waals surface area contributed by atoms with E-state index in [0.29, 0.717) is 12.8 Å². The van der Waals surface area contributed by atoms with E-state index in [0.717, 1.165) is 60.7 Å². The summed E-state index contributed by atoms with van der Waals surface area (Å²) in [5.41, 5.74) is 3.46. The Morgan fingerprint density at radius 3 is 2.85 bits per heavy atom. The van der Waals surface area contributed by atoms with Crippen LogP contribution in [-0.2, 0) is 23.0 Å². The Hall–Kier alpha value is -2.64. The zero-order valence-corrected chi connectivity index (χ0v) is 15.5. The van der Waals surface area contributed by atoms with Crippen LogP contribution in [0.25, 0.3) is 22.2 Å². The maximum atomic E-state index is 12.4. The van der Waals surface area contributed by atoms with Crippen molar-refractivity contribution >= 4 is 16.7 Å². The number of aryl methyl sites for hydroxylation is 1. The molecule has 0 aliphatic carbocycles. The highest BCUT2D eigenvalue weighted by atomic mass is 16.5. The molecule has 0 atom stereocenters. The van der Waals surface area contributed by atoms with Crippen LogP contribution < -0.4 is 0 Å². The molecular formula is C20H23N5O2. The molecule has 3 aromatic heterocycles. The van der Waals surface area contributed by atoms with Crippen molar-refractivity contribution in [3.8, 4) is 11.3 Å². The predicted molar refractivity (Wildman–Crippen MR) is 102 cm³/mol. The second kappa shape index (κ2) is 7.94. The lowest BCUT2D eigenvalue weighted by molar-refractivity contribution is -0.119. The van der Waals surface area contributed by atoms with Gasteiger partial charge in [-0.05, 0) is 18.2 Å². The van der Waals surface area contributed by atoms with Gasteiger partial charge in [0.25, 0.3) is 0 Å². The first-order chi connectivity index (χ1) is 13.2. The fourth-order valence-corrected chi connectivity index (χ4v) is 3.27. The van der Waals surface area contributed by atoms with Gasteiger partial charge in [0.15, 0.2) is 0 Å². The Balaban J connectivity index is 1.44. The summed E-state index contributed by atoms with van der Waals surface area (Å²) in [7, 11) is 1.88. The summed E-state index contributed by atoms with van der Waals surface area (Å²) in [4.78, 5) is 23.8. The number of hydrogen-bond acceptors (Lipinski definition) is 6. The second-order valence-electron chi connectivity index (χ2n) is 6.89. The number of aromatic nitrogens is 4. The van der Waals surface area contributed by atoms with Gasteiger partial charge in [0.05, 0.1) is 30.6 Å². The largest absolute Gasteiger partial charge is 0.379 e. The third-order valence-corrected chi connectivity index (χ3v) is 4.82. The Labute approximate surface area is 158 Å². The quantitative estimate of drug-likeness (QED) is 0.664. The number of carbonyl (C=O) groups excluding carboxylic acids is 1. The second-order valence-corrected chi connectivity index (χ2v) is 6.89. The van der Waals surface area contributed by atoms with Crippen molar-refractivity contribution < 1.29 is 9.53 Å². The van der Waals surface area contributed by atoms with E-state index < -0.39 is 0 Å². The van der Waals surface area contributed by atoms with Gasteiger partial charge in [0.2, 0.25) is 0 Å². The summed E-state index contributed by atoms with van der Waals surface area (Å²) in [6, 6.07) is 5.89. The molecule has 3 aromatic rings. The first-order valence-corrected chi connectivity index (χ1v) is 9.24. The Bertz CT molecular complexity index is 946. The lowest BCUT2D eigenvalue weighted by Gasteiger charge is -2.26. The summed E-state index contributed by atoms with van der Waals surface area (Å²) in [5, 5.41) is 5.16. The minimum absolute atomic E-state index is 0.205. The van der Waals surface area contributed by atoms with E-state index >= 15 is 0 Å². The number of ketones is 1. The summed E-state index contributed by atoms with van der Waals surface area (Å²) in [6.07, 6.45) is 6.42. The van der Waals surface area contributed by atoms with E-state index in [-0.39, 0.29) is 5.78 Å². The molecule has 0 N–H and O–H groups in total. The molecule has 1 aliphatic heterocycles. The molecule has 0 radical (unpaired) electrons. The molecule has 0 unspecified atom stereocenters. The molecule has 1 fully saturated rings. The smallest absolute Gasteiger partial charge is 0.140 e. The summed E-state index contributed by atoms with van der Waals surface area (Å²) < 4.78 is 7.09. The molecule has 1 aliphatic rings. The number of Topliss-reactive ketones (excluding diaryl/α,β-unsaturated/α-hetero) is 1. The average Bonchev–Trinajstić information content (AvgIpc) is 3.13. The normalized spacial score (nSPS) is 15.3. The zero-order valence-electron chi connectivity index (χ0n) is 15.5. The van der Waals surface area contributed by atoms with Gasteiger partial charge in [-0.2, -0.15) is 5.10 Å². The average molecular weight is 365 g/mol. The van der Waals surface area contributed by atoms with Crippen molar-refractivity contribution in [1.29, 1.82) is 0 Å². The van der Waals surface area contributed by atoms with Gasteiger partial charge in [-0.15, -0.1) is 0 Å². The number of pyridine rings is 2. The maximum absolute atomic E-state index is 12.4. The fraction of sp³-hybridized carbons (Fsp3) is 0.400. The first kappa shape index (κ1) is 17.8. The lowest BCUT2D eigenvalue weighted by atomic mass is 10.1. The maximum Gasteiger partial charge on any atom is 0.140 e. The van der Waals surface area contributed by atoms with Crippen LogP contribution in [0.1, 0.15) is 12.1 Å². The van der Waals surface area contributed by atoms with E-state index in [1.807, 2.05) is 31.4 Å². The fourth-order valence-electron chi connectivity index (χ4n) is 3.27. The highest BCUT2D eigenvalue weighted by Gasteiger charge is 2.13. The van der Waals surface area contributed by atoms with Gasteiger partial charge < -0.3 is 4.74 Å². The van der Waals surface area contributed by atoms with Gasteiger partial charge in [-0.25, -0.2) is 4.98 Å². The number of rotatable bonds is 6. The number of fused-ring (bicyclic) bond motifs is 1. The van der Waals surface area contributed by atoms with E-state index in [9.17, 15) is 4.79 Å². The van der Waals surface area contributed by atoms with Gasteiger partial charge >= 0.3 is 0 Å². The molecule has 7 nitrogen and oxygen atoms in total. The molecule has 4 rings (SSSR count). The number of morpholine rings is 1. The molecule has 1 saturated heterocycles. The third kappa shape index (κ3) is 4.37. The van der Waals surface area contributed by atoms with Crippen molar-refractivity contribution in [2.45, 2.75) is 12.8 Å². The summed E-state index contributed by atoms with van der Waals surface area (Å²) in [5.74, 6) is 0.205. The van der Waals surface area contributed by atoms with Crippen molar-refractivity contribution in [2.24, 2.45) is 7.05 Å². The van der Waals surface area contributed by atoms with Gasteiger partial charge in [0.1, 0.15) is 5.78 Å². The minimum Gasteiger partial charge on any atom is -0.379 e. The van der Waals surface area contributed by atoms with Crippen LogP contribution in [0, 0.1) is 0 Å². The molecule has 7 heteroatoms. The van der Waals surface area contributed by atoms with Gasteiger partial charge in [-0.3, -0.25) is 19.4 Å². The van der Waals surface area contributed by atoms with Crippen LogP contribution >= 0.6 is 0 Å². The van der Waals surface area contributed by atoms with Crippen LogP contribution in [0.4, 0.5) is 0 Å². The molecule has 140 valence electrons. The molecular weight excluding hydrogens is 342 g/mol. The Kier molecular flexibility index (Phi) is 5.22. The molecule has 27 heavy (non-hydrogen) atoms. The predicted octanol–water partition coefficient (Wildman–Crippen LogP) is 1.86. The van der Waals surface area contributed by atoms with Gasteiger partial charge in [-0.1, -0.05) is 0 Å². The first-order valence-electron chi connectivity index (χ1n) is 9.24. The molecule has 0 amide bonds. The topological polar surface area (TPSA) is 73.1 Å². The standard InChI is InChI=1S/C20H23N5O2/c1-24-14-16(13-22-24)19-3-2-15-12-21-17(11-20(15)23-19)10-18(26)4-5-25-6-8-27-9-7-25/h2-3,11-14H,4-10H2,1H3. The molecule has 0 bridgehead atoms. The SMILES string of the molecule is Cn1cc(-c2ccc3cnc(CC(=O)CCN4CCOCC4)cc3n2)cn1. The lowest BCUT2D eigenvalue weighted by Crippen LogP contribution is -2.37. The van der Waals surface area contributed by atoms with Crippen molar-refractivity contribution in [3.05, 3.63) is 42.5 Å². The monoisotopic (exact) mass is 365 g/mol. The zero-order chi connectivity index (χ0) is 18.6. The highest BCUT2D eigenvalue weighted by Crippen LogP contribution is 2.20. The number of carbonyl (C=O) groups is 1. The van der Waals surface area contributed by atoms with Crippen LogP contribution in [0.5, 0.6) is 0 Å². The number of hydrogen-bond donors (Lipinski definition) is 0. The van der Waals surface area contributed by atoms with Crippen molar-refractivity contribution in [2.75, 3.05) is 32.8 Å². The van der Waals surface area contributed by atoms with Crippen molar-refractivity contribution in [1.82, 2.24) is 24.6 Å². The van der Waals surface area contributed by atoms with Crippen LogP contribution in [-0.4, -0.2) is 63.3 Å². The Morgan fingerprint density at radius 1 is 1.22 bits per heavy atom. The molecule has 4 heterocycles. The van der Waals surface area contributed by atoms with Crippen LogP contribution in [0.2, 0.25) is 0 Å². The van der Waals surface area contributed by atoms with Gasteiger partial charge in [0, 0.05) is 68.6 Å². The number of nitrogens with zero attached hydrogens (tertiary/aromatic N) is 5. The number of ether oxygens (including phenoxy) is 1. The molecule has 0 spiro atoms.